The maximum atomic E-state index is 12.2. The van der Waals surface area contributed by atoms with E-state index in [-0.39, 0.29) is 11.5 Å². The van der Waals surface area contributed by atoms with Gasteiger partial charge in [-0.2, -0.15) is 0 Å². The summed E-state index contributed by atoms with van der Waals surface area (Å²) in [5, 5.41) is 10.0. The van der Waals surface area contributed by atoms with Crippen molar-refractivity contribution in [2.45, 2.75) is 25.3 Å². The number of likely N-dealkylation sites (tertiary alicyclic amines) is 1. The molecule has 138 valence electrons. The number of rotatable bonds is 4. The van der Waals surface area contributed by atoms with Crippen molar-refractivity contribution >= 4 is 0 Å². The van der Waals surface area contributed by atoms with Crippen molar-refractivity contribution < 1.29 is 5.11 Å². The van der Waals surface area contributed by atoms with E-state index in [1.807, 2.05) is 30.3 Å². The Morgan fingerprint density at radius 3 is 2.93 bits per heavy atom. The molecule has 2 aromatic heterocycles. The van der Waals surface area contributed by atoms with E-state index in [1.54, 1.807) is 24.5 Å². The van der Waals surface area contributed by atoms with E-state index in [4.69, 9.17) is 4.98 Å². The predicted molar refractivity (Wildman–Crippen MR) is 103 cm³/mol. The SMILES string of the molecule is O=c1cc([C@@H]2CCCN(Cc3ccccc3O)C2)nc(-c2cccnc2)[nH]1. The number of H-pyrrole nitrogens is 1. The Bertz CT molecular complexity index is 971. The third kappa shape index (κ3) is 4.06. The summed E-state index contributed by atoms with van der Waals surface area (Å²) in [4.78, 5) is 26.1. The van der Waals surface area contributed by atoms with Crippen LogP contribution in [-0.4, -0.2) is 38.0 Å². The molecule has 1 atom stereocenters. The first-order valence-corrected chi connectivity index (χ1v) is 9.20. The van der Waals surface area contributed by atoms with E-state index in [9.17, 15) is 9.90 Å². The molecule has 1 saturated heterocycles. The molecule has 0 radical (unpaired) electrons. The number of aromatic nitrogens is 3. The first-order chi connectivity index (χ1) is 13.2. The number of benzene rings is 1. The number of aromatic amines is 1. The Hall–Kier alpha value is -2.99. The average molecular weight is 362 g/mol. The monoisotopic (exact) mass is 362 g/mol. The number of nitrogens with zero attached hydrogens (tertiary/aromatic N) is 3. The molecule has 6 nitrogen and oxygen atoms in total. The molecular weight excluding hydrogens is 340 g/mol. The zero-order valence-corrected chi connectivity index (χ0v) is 15.0. The number of phenols is 1. The van der Waals surface area contributed by atoms with Crippen molar-refractivity contribution in [3.8, 4) is 17.1 Å². The standard InChI is InChI=1S/C21H22N4O2/c26-19-8-2-1-5-17(19)14-25-10-4-7-16(13-25)18-11-20(27)24-21(23-18)15-6-3-9-22-12-15/h1-3,5-6,8-9,11-12,16,26H,4,7,10,13-14H2,(H,23,24,27)/t16-/m1/s1. The summed E-state index contributed by atoms with van der Waals surface area (Å²) in [5.74, 6) is 1.08. The van der Waals surface area contributed by atoms with Gasteiger partial charge in [0.1, 0.15) is 11.6 Å². The van der Waals surface area contributed by atoms with Crippen LogP contribution in [0.3, 0.4) is 0 Å². The van der Waals surface area contributed by atoms with Gasteiger partial charge in [-0.1, -0.05) is 18.2 Å². The zero-order valence-electron chi connectivity index (χ0n) is 15.0. The van der Waals surface area contributed by atoms with E-state index in [1.165, 1.54) is 0 Å². The van der Waals surface area contributed by atoms with E-state index in [0.29, 0.717) is 18.1 Å². The normalized spacial score (nSPS) is 17.7. The molecule has 6 heteroatoms. The number of pyridine rings is 1. The predicted octanol–water partition coefficient (Wildman–Crippen LogP) is 2.92. The largest absolute Gasteiger partial charge is 0.508 e. The second-order valence-electron chi connectivity index (χ2n) is 6.96. The van der Waals surface area contributed by atoms with Crippen molar-refractivity contribution in [3.63, 3.8) is 0 Å². The van der Waals surface area contributed by atoms with E-state index in [2.05, 4.69) is 14.9 Å². The van der Waals surface area contributed by atoms with Crippen LogP contribution < -0.4 is 5.56 Å². The van der Waals surface area contributed by atoms with Crippen LogP contribution in [0.5, 0.6) is 5.75 Å². The van der Waals surface area contributed by atoms with Gasteiger partial charge >= 0.3 is 0 Å². The summed E-state index contributed by atoms with van der Waals surface area (Å²) >= 11 is 0. The molecule has 0 bridgehead atoms. The lowest BCUT2D eigenvalue weighted by Gasteiger charge is -2.32. The number of phenolic OH excluding ortho intramolecular Hbond substituents is 1. The number of para-hydroxylation sites is 1. The number of hydrogen-bond acceptors (Lipinski definition) is 5. The minimum Gasteiger partial charge on any atom is -0.508 e. The first kappa shape index (κ1) is 17.4. The molecule has 0 spiro atoms. The van der Waals surface area contributed by atoms with Crippen molar-refractivity contribution in [1.82, 2.24) is 19.9 Å². The summed E-state index contributed by atoms with van der Waals surface area (Å²) in [6.07, 6.45) is 5.44. The fourth-order valence-corrected chi connectivity index (χ4v) is 3.65. The summed E-state index contributed by atoms with van der Waals surface area (Å²) in [6, 6.07) is 12.8. The molecule has 1 aromatic carbocycles. The quantitative estimate of drug-likeness (QED) is 0.746. The number of piperidine rings is 1. The van der Waals surface area contributed by atoms with Crippen molar-refractivity contribution in [2.24, 2.45) is 0 Å². The minimum absolute atomic E-state index is 0.142. The van der Waals surface area contributed by atoms with Crippen molar-refractivity contribution in [1.29, 1.82) is 0 Å². The fraction of sp³-hybridized carbons (Fsp3) is 0.286. The lowest BCUT2D eigenvalue weighted by atomic mass is 9.94. The number of aromatic hydroxyl groups is 1. The number of nitrogens with one attached hydrogen (secondary N) is 1. The molecule has 27 heavy (non-hydrogen) atoms. The second-order valence-corrected chi connectivity index (χ2v) is 6.96. The van der Waals surface area contributed by atoms with Crippen LogP contribution >= 0.6 is 0 Å². The highest BCUT2D eigenvalue weighted by atomic mass is 16.3. The summed E-state index contributed by atoms with van der Waals surface area (Å²) in [7, 11) is 0. The van der Waals surface area contributed by atoms with Gasteiger partial charge in [0.15, 0.2) is 0 Å². The maximum absolute atomic E-state index is 12.2. The van der Waals surface area contributed by atoms with Gasteiger partial charge in [0.25, 0.3) is 5.56 Å². The van der Waals surface area contributed by atoms with Crippen LogP contribution in [0.2, 0.25) is 0 Å². The topological polar surface area (TPSA) is 82.1 Å². The van der Waals surface area contributed by atoms with E-state index < -0.39 is 0 Å². The highest BCUT2D eigenvalue weighted by Gasteiger charge is 2.24. The molecule has 1 aliphatic rings. The number of hydrogen-bond donors (Lipinski definition) is 2. The van der Waals surface area contributed by atoms with Crippen LogP contribution in [0.25, 0.3) is 11.4 Å². The third-order valence-electron chi connectivity index (χ3n) is 5.01. The Labute approximate surface area is 157 Å². The fourth-order valence-electron chi connectivity index (χ4n) is 3.65. The first-order valence-electron chi connectivity index (χ1n) is 9.20. The maximum Gasteiger partial charge on any atom is 0.251 e. The van der Waals surface area contributed by atoms with Crippen molar-refractivity contribution in [2.75, 3.05) is 13.1 Å². The van der Waals surface area contributed by atoms with Crippen LogP contribution in [0.4, 0.5) is 0 Å². The third-order valence-corrected chi connectivity index (χ3v) is 5.01. The summed E-state index contributed by atoms with van der Waals surface area (Å²) < 4.78 is 0. The Morgan fingerprint density at radius 1 is 1.22 bits per heavy atom. The molecule has 1 aliphatic heterocycles. The molecule has 3 heterocycles. The van der Waals surface area contributed by atoms with Gasteiger partial charge in [0.05, 0.1) is 5.69 Å². The smallest absolute Gasteiger partial charge is 0.251 e. The summed E-state index contributed by atoms with van der Waals surface area (Å²) in [5.41, 5.74) is 2.41. The molecule has 3 aromatic rings. The van der Waals surface area contributed by atoms with Crippen LogP contribution in [0.1, 0.15) is 30.0 Å². The van der Waals surface area contributed by atoms with Crippen LogP contribution in [-0.2, 0) is 6.54 Å². The highest BCUT2D eigenvalue weighted by Crippen LogP contribution is 2.28. The highest BCUT2D eigenvalue weighted by molar-refractivity contribution is 5.52. The molecule has 0 aliphatic carbocycles. The Kier molecular flexibility index (Phi) is 4.98. The van der Waals surface area contributed by atoms with Crippen LogP contribution in [0, 0.1) is 0 Å². The average Bonchev–Trinajstić information content (AvgIpc) is 2.70. The minimum atomic E-state index is -0.142. The molecule has 0 unspecified atom stereocenters. The lowest BCUT2D eigenvalue weighted by molar-refractivity contribution is 0.196. The van der Waals surface area contributed by atoms with Gasteiger partial charge in [-0.25, -0.2) is 4.98 Å². The Morgan fingerprint density at radius 2 is 2.11 bits per heavy atom. The lowest BCUT2D eigenvalue weighted by Crippen LogP contribution is -2.34. The molecule has 0 amide bonds. The molecular formula is C21H22N4O2. The molecule has 2 N–H and O–H groups in total. The van der Waals surface area contributed by atoms with Gasteiger partial charge in [-0.3, -0.25) is 14.7 Å². The van der Waals surface area contributed by atoms with Crippen LogP contribution in [0.15, 0.2) is 59.7 Å². The van der Waals surface area contributed by atoms with Gasteiger partial charge in [0, 0.05) is 48.6 Å². The van der Waals surface area contributed by atoms with E-state index in [0.717, 1.165) is 42.8 Å². The van der Waals surface area contributed by atoms with Crippen molar-refractivity contribution in [3.05, 3.63) is 76.5 Å². The van der Waals surface area contributed by atoms with Gasteiger partial charge in [0.2, 0.25) is 0 Å². The van der Waals surface area contributed by atoms with Gasteiger partial charge in [-0.15, -0.1) is 0 Å². The van der Waals surface area contributed by atoms with Gasteiger partial charge in [-0.05, 0) is 37.6 Å². The molecule has 1 fully saturated rings. The van der Waals surface area contributed by atoms with Gasteiger partial charge < -0.3 is 10.1 Å². The summed E-state index contributed by atoms with van der Waals surface area (Å²) in [6.45, 7) is 2.49. The molecule has 4 rings (SSSR count). The van der Waals surface area contributed by atoms with E-state index >= 15 is 0 Å². The molecule has 0 saturated carbocycles. The Balaban J connectivity index is 1.55. The second kappa shape index (κ2) is 7.72. The zero-order chi connectivity index (χ0) is 18.6.